The molecule has 0 aromatic rings. The molecule has 0 rings (SSSR count). The van der Waals surface area contributed by atoms with Crippen LogP contribution in [0.5, 0.6) is 0 Å². The van der Waals surface area contributed by atoms with E-state index >= 15 is 0 Å². The first-order chi connectivity index (χ1) is 5.81. The van der Waals surface area contributed by atoms with Crippen LogP contribution in [0, 0.1) is 0 Å². The third kappa shape index (κ3) is 7.51. The molecule has 0 spiro atoms. The Morgan fingerprint density at radius 1 is 1.33 bits per heavy atom. The normalized spacial score (nSPS) is 13.5. The topological polar surface area (TPSA) is 40.5 Å². The molecule has 0 saturated carbocycles. The van der Waals surface area contributed by atoms with Gasteiger partial charge in [0.2, 0.25) is 0 Å². The smallest absolute Gasteiger partial charge is 0.0721 e. The van der Waals surface area contributed by atoms with Crippen molar-refractivity contribution in [1.82, 2.24) is 0 Å². The molecule has 0 saturated heterocycles. The van der Waals surface area contributed by atoms with Gasteiger partial charge in [0.25, 0.3) is 0 Å². The maximum atomic E-state index is 9.30. The summed E-state index contributed by atoms with van der Waals surface area (Å²) in [5.41, 5.74) is 0. The number of aliphatic hydroxyl groups is 2. The lowest BCUT2D eigenvalue weighted by atomic mass is 10.1. The number of hydrogen-bond acceptors (Lipinski definition) is 2. The van der Waals surface area contributed by atoms with Crippen LogP contribution >= 0.6 is 0 Å². The zero-order valence-electron chi connectivity index (χ0n) is 7.45. The molecule has 1 unspecified atom stereocenters. The summed E-state index contributed by atoms with van der Waals surface area (Å²) >= 11 is 0. The molecule has 2 nitrogen and oxygen atoms in total. The molecule has 0 radical (unpaired) electrons. The van der Waals surface area contributed by atoms with Gasteiger partial charge in [0, 0.05) is 6.61 Å². The SMILES string of the molecule is C=CCCCC(O)/C=C/CCO. The largest absolute Gasteiger partial charge is 0.396 e. The molecule has 0 aromatic heterocycles. The van der Waals surface area contributed by atoms with Crippen LogP contribution in [0.1, 0.15) is 25.7 Å². The molecular weight excluding hydrogens is 152 g/mol. The third-order valence-electron chi connectivity index (χ3n) is 1.56. The van der Waals surface area contributed by atoms with Crippen molar-refractivity contribution >= 4 is 0 Å². The first kappa shape index (κ1) is 11.4. The highest BCUT2D eigenvalue weighted by molar-refractivity contribution is 4.88. The van der Waals surface area contributed by atoms with E-state index in [1.165, 1.54) is 0 Å². The van der Waals surface area contributed by atoms with Crippen LogP contribution in [0.2, 0.25) is 0 Å². The van der Waals surface area contributed by atoms with Crippen molar-refractivity contribution in [3.8, 4) is 0 Å². The first-order valence-electron chi connectivity index (χ1n) is 4.37. The molecule has 0 aliphatic rings. The summed E-state index contributed by atoms with van der Waals surface area (Å²) < 4.78 is 0. The average Bonchev–Trinajstić information content (AvgIpc) is 2.06. The van der Waals surface area contributed by atoms with Gasteiger partial charge in [-0.15, -0.1) is 6.58 Å². The zero-order chi connectivity index (χ0) is 9.23. The highest BCUT2D eigenvalue weighted by Crippen LogP contribution is 2.02. The fourth-order valence-corrected chi connectivity index (χ4v) is 0.895. The summed E-state index contributed by atoms with van der Waals surface area (Å²) in [6.45, 7) is 3.75. The van der Waals surface area contributed by atoms with Gasteiger partial charge in [0.05, 0.1) is 6.10 Å². The van der Waals surface area contributed by atoms with E-state index in [0.29, 0.717) is 6.42 Å². The van der Waals surface area contributed by atoms with E-state index in [9.17, 15) is 5.11 Å². The lowest BCUT2D eigenvalue weighted by Gasteiger charge is -2.02. The van der Waals surface area contributed by atoms with Crippen molar-refractivity contribution in [2.24, 2.45) is 0 Å². The van der Waals surface area contributed by atoms with Crippen LogP contribution < -0.4 is 0 Å². The first-order valence-corrected chi connectivity index (χ1v) is 4.37. The number of aliphatic hydroxyl groups excluding tert-OH is 2. The second-order valence-corrected chi connectivity index (χ2v) is 2.73. The highest BCUT2D eigenvalue weighted by atomic mass is 16.3. The minimum Gasteiger partial charge on any atom is -0.396 e. The fraction of sp³-hybridized carbons (Fsp3) is 0.600. The van der Waals surface area contributed by atoms with E-state index in [1.807, 2.05) is 6.08 Å². The molecule has 1 atom stereocenters. The van der Waals surface area contributed by atoms with Crippen molar-refractivity contribution in [2.75, 3.05) is 6.61 Å². The summed E-state index contributed by atoms with van der Waals surface area (Å²) in [5.74, 6) is 0. The van der Waals surface area contributed by atoms with Gasteiger partial charge in [0.1, 0.15) is 0 Å². The lowest BCUT2D eigenvalue weighted by Crippen LogP contribution is -2.01. The Balaban J connectivity index is 3.31. The van der Waals surface area contributed by atoms with Crippen molar-refractivity contribution in [3.05, 3.63) is 24.8 Å². The minimum absolute atomic E-state index is 0.149. The quantitative estimate of drug-likeness (QED) is 0.450. The standard InChI is InChI=1S/C10H18O2/c1-2-3-4-7-10(12)8-5-6-9-11/h2,5,8,10-12H,1,3-4,6-7,9H2/b8-5+. The van der Waals surface area contributed by atoms with Crippen LogP contribution in [-0.2, 0) is 0 Å². The Bertz CT molecular complexity index is 130. The monoisotopic (exact) mass is 170 g/mol. The summed E-state index contributed by atoms with van der Waals surface area (Å²) in [6, 6.07) is 0. The van der Waals surface area contributed by atoms with E-state index in [1.54, 1.807) is 12.2 Å². The number of allylic oxidation sites excluding steroid dienone is 1. The predicted molar refractivity (Wildman–Crippen MR) is 50.9 cm³/mol. The van der Waals surface area contributed by atoms with Crippen molar-refractivity contribution < 1.29 is 10.2 Å². The molecule has 2 heteroatoms. The molecule has 0 fully saturated rings. The van der Waals surface area contributed by atoms with Crippen molar-refractivity contribution in [1.29, 1.82) is 0 Å². The Morgan fingerprint density at radius 3 is 2.67 bits per heavy atom. The molecule has 0 aliphatic carbocycles. The van der Waals surface area contributed by atoms with Crippen LogP contribution in [0.15, 0.2) is 24.8 Å². The summed E-state index contributed by atoms with van der Waals surface area (Å²) in [6.07, 6.45) is 8.34. The van der Waals surface area contributed by atoms with Crippen molar-refractivity contribution in [2.45, 2.75) is 31.8 Å². The zero-order valence-corrected chi connectivity index (χ0v) is 7.45. The molecular formula is C10H18O2. The summed E-state index contributed by atoms with van der Waals surface area (Å²) in [5, 5.41) is 17.7. The molecule has 2 N–H and O–H groups in total. The summed E-state index contributed by atoms with van der Waals surface area (Å²) in [7, 11) is 0. The van der Waals surface area contributed by atoms with Gasteiger partial charge >= 0.3 is 0 Å². The highest BCUT2D eigenvalue weighted by Gasteiger charge is 1.96. The van der Waals surface area contributed by atoms with Gasteiger partial charge < -0.3 is 10.2 Å². The Morgan fingerprint density at radius 2 is 2.08 bits per heavy atom. The summed E-state index contributed by atoms with van der Waals surface area (Å²) in [4.78, 5) is 0. The molecule has 0 heterocycles. The molecule has 0 amide bonds. The van der Waals surface area contributed by atoms with Gasteiger partial charge in [-0.25, -0.2) is 0 Å². The average molecular weight is 170 g/mol. The molecule has 0 bridgehead atoms. The molecule has 0 aliphatic heterocycles. The maximum absolute atomic E-state index is 9.30. The maximum Gasteiger partial charge on any atom is 0.0721 e. The van der Waals surface area contributed by atoms with E-state index in [2.05, 4.69) is 6.58 Å². The van der Waals surface area contributed by atoms with Gasteiger partial charge in [-0.3, -0.25) is 0 Å². The van der Waals surface area contributed by atoms with Crippen LogP contribution in [-0.4, -0.2) is 22.9 Å². The fourth-order valence-electron chi connectivity index (χ4n) is 0.895. The van der Waals surface area contributed by atoms with Crippen LogP contribution in [0.3, 0.4) is 0 Å². The molecule has 0 aromatic carbocycles. The van der Waals surface area contributed by atoms with Crippen LogP contribution in [0.25, 0.3) is 0 Å². The van der Waals surface area contributed by atoms with Gasteiger partial charge in [-0.1, -0.05) is 18.2 Å². The van der Waals surface area contributed by atoms with Crippen LogP contribution in [0.4, 0.5) is 0 Å². The number of unbranched alkanes of at least 4 members (excludes halogenated alkanes) is 1. The van der Waals surface area contributed by atoms with E-state index in [-0.39, 0.29) is 12.7 Å². The number of hydrogen-bond donors (Lipinski definition) is 2. The Kier molecular flexibility index (Phi) is 8.07. The Labute approximate surface area is 74.2 Å². The molecule has 12 heavy (non-hydrogen) atoms. The van der Waals surface area contributed by atoms with Gasteiger partial charge in [-0.05, 0) is 25.7 Å². The molecule has 70 valence electrons. The van der Waals surface area contributed by atoms with Crippen molar-refractivity contribution in [3.63, 3.8) is 0 Å². The van der Waals surface area contributed by atoms with Gasteiger partial charge in [0.15, 0.2) is 0 Å². The number of rotatable bonds is 7. The Hall–Kier alpha value is -0.600. The minimum atomic E-state index is -0.364. The second-order valence-electron chi connectivity index (χ2n) is 2.73. The van der Waals surface area contributed by atoms with Gasteiger partial charge in [-0.2, -0.15) is 0 Å². The second kappa shape index (κ2) is 8.50. The van der Waals surface area contributed by atoms with E-state index < -0.39 is 0 Å². The third-order valence-corrected chi connectivity index (χ3v) is 1.56. The van der Waals surface area contributed by atoms with E-state index in [4.69, 9.17) is 5.11 Å². The van der Waals surface area contributed by atoms with E-state index in [0.717, 1.165) is 19.3 Å². The predicted octanol–water partition coefficient (Wildman–Crippen LogP) is 1.64. The lowest BCUT2D eigenvalue weighted by molar-refractivity contribution is 0.209.